The molecule has 0 spiro atoms. The maximum absolute atomic E-state index is 12.0. The van der Waals surface area contributed by atoms with Gasteiger partial charge in [-0.25, -0.2) is 0 Å². The average Bonchev–Trinajstić information content (AvgIpc) is 2.88. The van der Waals surface area contributed by atoms with Crippen LogP contribution in [-0.2, 0) is 11.3 Å². The first-order valence-corrected chi connectivity index (χ1v) is 8.12. The number of amides is 1. The number of aryl methyl sites for hydroxylation is 1. The Kier molecular flexibility index (Phi) is 7.36. The Balaban J connectivity index is 0.00000264. The van der Waals surface area contributed by atoms with Crippen LogP contribution in [0.1, 0.15) is 51.2 Å². The quantitative estimate of drug-likeness (QED) is 0.864. The first-order chi connectivity index (χ1) is 10.3. The second-order valence-electron chi connectivity index (χ2n) is 7.10. The summed E-state index contributed by atoms with van der Waals surface area (Å²) in [7, 11) is 0. The lowest BCUT2D eigenvalue weighted by atomic mass is 10.1. The van der Waals surface area contributed by atoms with Gasteiger partial charge in [0.05, 0.1) is 0 Å². The number of halogens is 1. The van der Waals surface area contributed by atoms with E-state index in [1.165, 1.54) is 6.42 Å². The zero-order chi connectivity index (χ0) is 16.2. The van der Waals surface area contributed by atoms with Gasteiger partial charge in [-0.3, -0.25) is 4.79 Å². The van der Waals surface area contributed by atoms with Gasteiger partial charge < -0.3 is 15.4 Å². The van der Waals surface area contributed by atoms with Crippen LogP contribution in [0.4, 0.5) is 0 Å². The van der Waals surface area contributed by atoms with Gasteiger partial charge in [0.2, 0.25) is 5.91 Å². The van der Waals surface area contributed by atoms with Gasteiger partial charge in [0, 0.05) is 24.6 Å². The van der Waals surface area contributed by atoms with E-state index in [0.717, 1.165) is 29.8 Å². The maximum Gasteiger partial charge on any atom is 0.221 e. The zero-order valence-corrected chi connectivity index (χ0v) is 15.4. The molecule has 2 rings (SSSR count). The molecule has 1 atom stereocenters. The maximum atomic E-state index is 12.0. The van der Waals surface area contributed by atoms with Crippen LogP contribution in [0, 0.1) is 6.92 Å². The molecule has 130 valence electrons. The zero-order valence-electron chi connectivity index (χ0n) is 14.6. The SMILES string of the molecule is Cc1ccc(CNC(=O)CC2CCCN2)c(OC(C)(C)C)c1.Cl. The molecule has 1 aromatic rings. The monoisotopic (exact) mass is 340 g/mol. The summed E-state index contributed by atoms with van der Waals surface area (Å²) < 4.78 is 6.02. The first-order valence-electron chi connectivity index (χ1n) is 8.12. The molecule has 4 nitrogen and oxygen atoms in total. The molecule has 1 amide bonds. The Morgan fingerprint density at radius 2 is 2.13 bits per heavy atom. The van der Waals surface area contributed by atoms with Gasteiger partial charge in [-0.05, 0) is 58.7 Å². The van der Waals surface area contributed by atoms with Crippen LogP contribution in [0.2, 0.25) is 0 Å². The molecule has 0 saturated carbocycles. The summed E-state index contributed by atoms with van der Waals surface area (Å²) in [6, 6.07) is 6.45. The van der Waals surface area contributed by atoms with Crippen molar-refractivity contribution in [2.75, 3.05) is 6.54 Å². The topological polar surface area (TPSA) is 50.4 Å². The summed E-state index contributed by atoms with van der Waals surface area (Å²) in [5, 5.41) is 6.36. The number of carbonyl (C=O) groups excluding carboxylic acids is 1. The standard InChI is InChI=1S/C18H28N2O2.ClH/c1-13-7-8-14(16(10-13)22-18(2,3)4)12-20-17(21)11-15-6-5-9-19-15;/h7-8,10,15,19H,5-6,9,11-12H2,1-4H3,(H,20,21);1H. The minimum absolute atomic E-state index is 0. The number of nitrogens with one attached hydrogen (secondary N) is 2. The summed E-state index contributed by atoms with van der Waals surface area (Å²) in [5.41, 5.74) is 1.93. The summed E-state index contributed by atoms with van der Waals surface area (Å²) >= 11 is 0. The van der Waals surface area contributed by atoms with Crippen molar-refractivity contribution < 1.29 is 9.53 Å². The third-order valence-corrected chi connectivity index (χ3v) is 3.71. The van der Waals surface area contributed by atoms with Gasteiger partial charge in [-0.2, -0.15) is 0 Å². The van der Waals surface area contributed by atoms with E-state index in [2.05, 4.69) is 16.7 Å². The summed E-state index contributed by atoms with van der Waals surface area (Å²) in [6.45, 7) is 9.68. The van der Waals surface area contributed by atoms with Crippen molar-refractivity contribution >= 4 is 18.3 Å². The molecular formula is C18H29ClN2O2. The molecule has 1 fully saturated rings. The number of rotatable bonds is 5. The van der Waals surface area contributed by atoms with Gasteiger partial charge in [-0.15, -0.1) is 12.4 Å². The Hall–Kier alpha value is -1.26. The molecule has 1 aromatic carbocycles. The van der Waals surface area contributed by atoms with E-state index < -0.39 is 0 Å². The molecule has 0 radical (unpaired) electrons. The molecule has 5 heteroatoms. The lowest BCUT2D eigenvalue weighted by Crippen LogP contribution is -2.32. The molecule has 23 heavy (non-hydrogen) atoms. The van der Waals surface area contributed by atoms with Crippen molar-refractivity contribution in [3.63, 3.8) is 0 Å². The Morgan fingerprint density at radius 1 is 1.39 bits per heavy atom. The van der Waals surface area contributed by atoms with E-state index in [4.69, 9.17) is 4.74 Å². The van der Waals surface area contributed by atoms with Crippen molar-refractivity contribution in [2.45, 2.75) is 65.1 Å². The van der Waals surface area contributed by atoms with E-state index >= 15 is 0 Å². The molecule has 1 unspecified atom stereocenters. The van der Waals surface area contributed by atoms with E-state index in [9.17, 15) is 4.79 Å². The van der Waals surface area contributed by atoms with Crippen LogP contribution >= 0.6 is 12.4 Å². The number of ether oxygens (including phenoxy) is 1. The number of hydrogen-bond donors (Lipinski definition) is 2. The van der Waals surface area contributed by atoms with Gasteiger partial charge in [0.25, 0.3) is 0 Å². The van der Waals surface area contributed by atoms with Gasteiger partial charge >= 0.3 is 0 Å². The van der Waals surface area contributed by atoms with Gasteiger partial charge in [-0.1, -0.05) is 12.1 Å². The molecule has 2 N–H and O–H groups in total. The molecule has 0 aromatic heterocycles. The third kappa shape index (κ3) is 6.80. The van der Waals surface area contributed by atoms with Crippen molar-refractivity contribution in [2.24, 2.45) is 0 Å². The summed E-state index contributed by atoms with van der Waals surface area (Å²) in [5.74, 6) is 0.952. The van der Waals surface area contributed by atoms with Crippen molar-refractivity contribution in [1.82, 2.24) is 10.6 Å². The van der Waals surface area contributed by atoms with Crippen molar-refractivity contribution in [1.29, 1.82) is 0 Å². The fraction of sp³-hybridized carbons (Fsp3) is 0.611. The van der Waals surface area contributed by atoms with Gasteiger partial charge in [0.15, 0.2) is 0 Å². The Bertz CT molecular complexity index is 520. The van der Waals surface area contributed by atoms with E-state index in [1.54, 1.807) is 0 Å². The van der Waals surface area contributed by atoms with Crippen molar-refractivity contribution in [3.8, 4) is 5.75 Å². The summed E-state index contributed by atoms with van der Waals surface area (Å²) in [4.78, 5) is 12.0. The van der Waals surface area contributed by atoms with Crippen LogP contribution in [0.3, 0.4) is 0 Å². The molecule has 1 saturated heterocycles. The predicted octanol–water partition coefficient (Wildman–Crippen LogP) is 3.35. The molecule has 1 aliphatic heterocycles. The Morgan fingerprint density at radius 3 is 2.74 bits per heavy atom. The second-order valence-corrected chi connectivity index (χ2v) is 7.10. The smallest absolute Gasteiger partial charge is 0.221 e. The predicted molar refractivity (Wildman–Crippen MR) is 96.3 cm³/mol. The molecule has 0 aliphatic carbocycles. The van der Waals surface area contributed by atoms with Crippen LogP contribution in [0.25, 0.3) is 0 Å². The highest BCUT2D eigenvalue weighted by molar-refractivity contribution is 5.85. The average molecular weight is 341 g/mol. The second kappa shape index (κ2) is 8.55. The minimum atomic E-state index is -0.250. The lowest BCUT2D eigenvalue weighted by Gasteiger charge is -2.24. The number of benzene rings is 1. The molecule has 0 bridgehead atoms. The largest absolute Gasteiger partial charge is 0.488 e. The highest BCUT2D eigenvalue weighted by atomic mass is 35.5. The Labute approximate surface area is 145 Å². The molecule has 1 heterocycles. The van der Waals surface area contributed by atoms with Gasteiger partial charge in [0.1, 0.15) is 11.4 Å². The summed E-state index contributed by atoms with van der Waals surface area (Å²) in [6.07, 6.45) is 2.82. The van der Waals surface area contributed by atoms with Crippen LogP contribution in [0.5, 0.6) is 5.75 Å². The highest BCUT2D eigenvalue weighted by Gasteiger charge is 2.18. The van der Waals surface area contributed by atoms with Crippen LogP contribution in [-0.4, -0.2) is 24.1 Å². The van der Waals surface area contributed by atoms with Crippen molar-refractivity contribution in [3.05, 3.63) is 29.3 Å². The third-order valence-electron chi connectivity index (χ3n) is 3.71. The molecular weight excluding hydrogens is 312 g/mol. The fourth-order valence-electron chi connectivity index (χ4n) is 2.65. The first kappa shape index (κ1) is 19.8. The molecule has 1 aliphatic rings. The highest BCUT2D eigenvalue weighted by Crippen LogP contribution is 2.24. The van der Waals surface area contributed by atoms with Crippen LogP contribution < -0.4 is 15.4 Å². The van der Waals surface area contributed by atoms with Crippen LogP contribution in [0.15, 0.2) is 18.2 Å². The number of carbonyl (C=O) groups is 1. The number of hydrogen-bond acceptors (Lipinski definition) is 3. The minimum Gasteiger partial charge on any atom is -0.488 e. The van der Waals surface area contributed by atoms with E-state index in [1.807, 2.05) is 39.8 Å². The van der Waals surface area contributed by atoms with E-state index in [0.29, 0.717) is 19.0 Å². The van der Waals surface area contributed by atoms with E-state index in [-0.39, 0.29) is 23.9 Å². The fourth-order valence-corrected chi connectivity index (χ4v) is 2.65. The lowest BCUT2D eigenvalue weighted by molar-refractivity contribution is -0.121. The normalized spacial score (nSPS) is 17.5.